The molecule has 0 saturated carbocycles. The Hall–Kier alpha value is -1.03. The molecule has 2 aromatic rings. The minimum atomic E-state index is -0.870. The van der Waals surface area contributed by atoms with Crippen LogP contribution in [0.1, 0.15) is 12.2 Å². The Bertz CT molecular complexity index is 529. The van der Waals surface area contributed by atoms with Crippen molar-refractivity contribution in [2.45, 2.75) is 12.0 Å². The number of aliphatic hydroxyl groups is 1. The summed E-state index contributed by atoms with van der Waals surface area (Å²) in [6, 6.07) is 7.32. The fourth-order valence-electron chi connectivity index (χ4n) is 2.13. The van der Waals surface area contributed by atoms with Gasteiger partial charge in [-0.05, 0) is 37.2 Å². The SMILES string of the molecule is OC1(c2cc3cc(Cl)ccc3o2)CCNC1. The molecule has 0 amide bonds. The van der Waals surface area contributed by atoms with Crippen LogP contribution in [0.2, 0.25) is 5.02 Å². The highest BCUT2D eigenvalue weighted by molar-refractivity contribution is 6.31. The van der Waals surface area contributed by atoms with Crippen molar-refractivity contribution in [1.29, 1.82) is 0 Å². The molecule has 1 saturated heterocycles. The van der Waals surface area contributed by atoms with E-state index < -0.39 is 5.60 Å². The third-order valence-corrected chi connectivity index (χ3v) is 3.30. The number of hydrogen-bond acceptors (Lipinski definition) is 3. The molecule has 1 aromatic carbocycles. The van der Waals surface area contributed by atoms with Crippen LogP contribution >= 0.6 is 11.6 Å². The Morgan fingerprint density at radius 1 is 1.38 bits per heavy atom. The molecule has 1 aromatic heterocycles. The lowest BCUT2D eigenvalue weighted by atomic mass is 10.00. The van der Waals surface area contributed by atoms with Gasteiger partial charge < -0.3 is 14.8 Å². The van der Waals surface area contributed by atoms with Gasteiger partial charge in [0.1, 0.15) is 16.9 Å². The first kappa shape index (κ1) is 10.1. The number of β-amino-alcohol motifs (C(OH)–C–C–N with tert-alkyl or cyclic N) is 1. The molecule has 1 unspecified atom stereocenters. The first-order valence-corrected chi connectivity index (χ1v) is 5.68. The van der Waals surface area contributed by atoms with Crippen molar-refractivity contribution in [2.24, 2.45) is 0 Å². The summed E-state index contributed by atoms with van der Waals surface area (Å²) in [6.45, 7) is 1.36. The van der Waals surface area contributed by atoms with Crippen molar-refractivity contribution < 1.29 is 9.52 Å². The van der Waals surface area contributed by atoms with Crippen molar-refractivity contribution in [1.82, 2.24) is 5.32 Å². The van der Waals surface area contributed by atoms with E-state index in [9.17, 15) is 5.11 Å². The molecule has 0 radical (unpaired) electrons. The van der Waals surface area contributed by atoms with E-state index in [4.69, 9.17) is 16.0 Å². The van der Waals surface area contributed by atoms with E-state index in [0.29, 0.717) is 23.7 Å². The lowest BCUT2D eigenvalue weighted by molar-refractivity contribution is 0.0371. The average molecular weight is 238 g/mol. The van der Waals surface area contributed by atoms with Gasteiger partial charge in [0.2, 0.25) is 0 Å². The van der Waals surface area contributed by atoms with Gasteiger partial charge in [0, 0.05) is 17.0 Å². The number of nitrogens with one attached hydrogen (secondary N) is 1. The van der Waals surface area contributed by atoms with Crippen molar-refractivity contribution >= 4 is 22.6 Å². The maximum absolute atomic E-state index is 10.3. The van der Waals surface area contributed by atoms with Crippen LogP contribution in [0.15, 0.2) is 28.7 Å². The van der Waals surface area contributed by atoms with Gasteiger partial charge in [-0.1, -0.05) is 11.6 Å². The molecule has 1 aliphatic heterocycles. The van der Waals surface area contributed by atoms with Gasteiger partial charge >= 0.3 is 0 Å². The van der Waals surface area contributed by atoms with E-state index in [1.165, 1.54) is 0 Å². The zero-order valence-electron chi connectivity index (χ0n) is 8.66. The lowest BCUT2D eigenvalue weighted by Crippen LogP contribution is -2.27. The van der Waals surface area contributed by atoms with Crippen LogP contribution < -0.4 is 5.32 Å². The van der Waals surface area contributed by atoms with Crippen LogP contribution in [0, 0.1) is 0 Å². The van der Waals surface area contributed by atoms with Gasteiger partial charge in [-0.15, -0.1) is 0 Å². The highest BCUT2D eigenvalue weighted by Gasteiger charge is 2.36. The monoisotopic (exact) mass is 237 g/mol. The fraction of sp³-hybridized carbons (Fsp3) is 0.333. The second-order valence-electron chi connectivity index (χ2n) is 4.25. The Morgan fingerprint density at radius 3 is 3.00 bits per heavy atom. The maximum atomic E-state index is 10.3. The van der Waals surface area contributed by atoms with Gasteiger partial charge in [0.15, 0.2) is 0 Å². The Labute approximate surface area is 98.0 Å². The Balaban J connectivity index is 2.11. The molecule has 0 spiro atoms. The molecule has 2 N–H and O–H groups in total. The number of benzene rings is 1. The minimum absolute atomic E-state index is 0.542. The number of furan rings is 1. The molecule has 1 fully saturated rings. The molecule has 1 aliphatic rings. The summed E-state index contributed by atoms with van der Waals surface area (Å²) >= 11 is 5.91. The fourth-order valence-corrected chi connectivity index (χ4v) is 2.31. The summed E-state index contributed by atoms with van der Waals surface area (Å²) < 4.78 is 5.66. The number of rotatable bonds is 1. The standard InChI is InChI=1S/C12H12ClNO2/c13-9-1-2-10-8(5-9)6-11(16-10)12(15)3-4-14-7-12/h1-2,5-6,14-15H,3-4,7H2. The first-order valence-electron chi connectivity index (χ1n) is 5.30. The van der Waals surface area contributed by atoms with E-state index in [1.54, 1.807) is 6.07 Å². The van der Waals surface area contributed by atoms with E-state index in [1.807, 2.05) is 18.2 Å². The van der Waals surface area contributed by atoms with Crippen LogP contribution in [0.25, 0.3) is 11.0 Å². The molecular weight excluding hydrogens is 226 g/mol. The second kappa shape index (κ2) is 3.48. The highest BCUT2D eigenvalue weighted by atomic mass is 35.5. The van der Waals surface area contributed by atoms with Crippen molar-refractivity contribution in [2.75, 3.05) is 13.1 Å². The van der Waals surface area contributed by atoms with E-state index in [-0.39, 0.29) is 0 Å². The van der Waals surface area contributed by atoms with Crippen LogP contribution in [0.3, 0.4) is 0 Å². The van der Waals surface area contributed by atoms with Gasteiger partial charge in [-0.2, -0.15) is 0 Å². The Kier molecular flexibility index (Phi) is 2.21. The van der Waals surface area contributed by atoms with Crippen molar-refractivity contribution in [3.05, 3.63) is 35.0 Å². The van der Waals surface area contributed by atoms with Crippen LogP contribution in [-0.2, 0) is 5.60 Å². The lowest BCUT2D eigenvalue weighted by Gasteiger charge is -2.17. The Morgan fingerprint density at radius 2 is 2.25 bits per heavy atom. The average Bonchev–Trinajstić information content (AvgIpc) is 2.84. The summed E-state index contributed by atoms with van der Waals surface area (Å²) in [6.07, 6.45) is 0.681. The largest absolute Gasteiger partial charge is 0.458 e. The molecule has 0 bridgehead atoms. The van der Waals surface area contributed by atoms with E-state index in [2.05, 4.69) is 5.32 Å². The predicted octanol–water partition coefficient (Wildman–Crippen LogP) is 2.27. The molecule has 84 valence electrons. The summed E-state index contributed by atoms with van der Waals surface area (Å²) in [5, 5.41) is 15.1. The van der Waals surface area contributed by atoms with Crippen LogP contribution in [-0.4, -0.2) is 18.2 Å². The van der Waals surface area contributed by atoms with Crippen LogP contribution in [0.4, 0.5) is 0 Å². The zero-order valence-corrected chi connectivity index (χ0v) is 9.42. The normalized spacial score (nSPS) is 25.4. The van der Waals surface area contributed by atoms with E-state index in [0.717, 1.165) is 17.5 Å². The molecule has 1 atom stereocenters. The van der Waals surface area contributed by atoms with Crippen molar-refractivity contribution in [3.63, 3.8) is 0 Å². The zero-order chi connectivity index (χ0) is 11.2. The first-order chi connectivity index (χ1) is 7.67. The molecule has 3 rings (SSSR count). The summed E-state index contributed by atoms with van der Waals surface area (Å²) in [5.41, 5.74) is -0.106. The van der Waals surface area contributed by atoms with Gasteiger partial charge in [-0.3, -0.25) is 0 Å². The molecule has 0 aliphatic carbocycles. The quantitative estimate of drug-likeness (QED) is 0.800. The van der Waals surface area contributed by atoms with Crippen LogP contribution in [0.5, 0.6) is 0 Å². The smallest absolute Gasteiger partial charge is 0.138 e. The maximum Gasteiger partial charge on any atom is 0.138 e. The third kappa shape index (κ3) is 1.52. The molecular formula is C12H12ClNO2. The third-order valence-electron chi connectivity index (χ3n) is 3.07. The van der Waals surface area contributed by atoms with Gasteiger partial charge in [-0.25, -0.2) is 0 Å². The van der Waals surface area contributed by atoms with E-state index >= 15 is 0 Å². The summed E-state index contributed by atoms with van der Waals surface area (Å²) in [5.74, 6) is 0.620. The van der Waals surface area contributed by atoms with Gasteiger partial charge in [0.05, 0.1) is 0 Å². The minimum Gasteiger partial charge on any atom is -0.458 e. The number of hydrogen-bond donors (Lipinski definition) is 2. The molecule has 3 nitrogen and oxygen atoms in total. The molecule has 16 heavy (non-hydrogen) atoms. The predicted molar refractivity (Wildman–Crippen MR) is 62.6 cm³/mol. The summed E-state index contributed by atoms with van der Waals surface area (Å²) in [7, 11) is 0. The topological polar surface area (TPSA) is 45.4 Å². The highest BCUT2D eigenvalue weighted by Crippen LogP contribution is 2.33. The summed E-state index contributed by atoms with van der Waals surface area (Å²) in [4.78, 5) is 0. The van der Waals surface area contributed by atoms with Gasteiger partial charge in [0.25, 0.3) is 0 Å². The van der Waals surface area contributed by atoms with Crippen molar-refractivity contribution in [3.8, 4) is 0 Å². The second-order valence-corrected chi connectivity index (χ2v) is 4.69. The number of halogens is 1. The molecule has 2 heterocycles. The number of fused-ring (bicyclic) bond motifs is 1. The molecule has 4 heteroatoms.